The Morgan fingerprint density at radius 1 is 1.42 bits per heavy atom. The van der Waals surface area contributed by atoms with Crippen molar-refractivity contribution >= 4 is 15.7 Å². The Bertz CT molecular complexity index is 423. The van der Waals surface area contributed by atoms with Gasteiger partial charge in [-0.3, -0.25) is 4.79 Å². The van der Waals surface area contributed by atoms with Crippen LogP contribution in [-0.2, 0) is 14.6 Å². The van der Waals surface area contributed by atoms with Gasteiger partial charge in [0.25, 0.3) is 0 Å². The number of sulfone groups is 1. The van der Waals surface area contributed by atoms with Crippen molar-refractivity contribution in [3.63, 3.8) is 0 Å². The van der Waals surface area contributed by atoms with Crippen LogP contribution in [0, 0.1) is 11.3 Å². The molecule has 5 nitrogen and oxygen atoms in total. The molecule has 2 N–H and O–H groups in total. The van der Waals surface area contributed by atoms with Crippen LogP contribution in [-0.4, -0.2) is 46.0 Å². The Morgan fingerprint density at radius 3 is 2.68 bits per heavy atom. The van der Waals surface area contributed by atoms with Crippen molar-refractivity contribution in [3.8, 4) is 0 Å². The van der Waals surface area contributed by atoms with Crippen LogP contribution in [0.15, 0.2) is 0 Å². The summed E-state index contributed by atoms with van der Waals surface area (Å²) >= 11 is 0. The predicted octanol–water partition coefficient (Wildman–Crippen LogP) is 0.317. The summed E-state index contributed by atoms with van der Waals surface area (Å²) in [4.78, 5) is 11.8. The van der Waals surface area contributed by atoms with E-state index in [4.69, 9.17) is 0 Å². The largest absolute Gasteiger partial charge is 0.356 e. The Balaban J connectivity index is 1.66. The number of rotatable bonds is 7. The fourth-order valence-corrected chi connectivity index (χ4v) is 4.28. The van der Waals surface area contributed by atoms with E-state index in [0.717, 1.165) is 38.8 Å². The van der Waals surface area contributed by atoms with E-state index in [9.17, 15) is 13.2 Å². The second kappa shape index (κ2) is 5.79. The standard InChI is InChI=1S/C13H24N2O3S/c1-19(17,18)10-13(5-6-13)9-15-12(16)3-2-11-4-7-14-8-11/h11,14H,2-10H2,1H3,(H,15,16). The molecule has 19 heavy (non-hydrogen) atoms. The monoisotopic (exact) mass is 288 g/mol. The highest BCUT2D eigenvalue weighted by molar-refractivity contribution is 7.90. The number of hydrogen-bond donors (Lipinski definition) is 2. The molecule has 2 fully saturated rings. The maximum atomic E-state index is 11.8. The fourth-order valence-electron chi connectivity index (χ4n) is 2.78. The summed E-state index contributed by atoms with van der Waals surface area (Å²) in [5.74, 6) is 0.885. The highest BCUT2D eigenvalue weighted by Crippen LogP contribution is 2.46. The first kappa shape index (κ1) is 14.8. The van der Waals surface area contributed by atoms with Gasteiger partial charge in [-0.05, 0) is 44.7 Å². The van der Waals surface area contributed by atoms with Gasteiger partial charge in [0, 0.05) is 24.6 Å². The lowest BCUT2D eigenvalue weighted by Gasteiger charge is -2.15. The summed E-state index contributed by atoms with van der Waals surface area (Å²) in [6.07, 6.45) is 5.73. The molecule has 110 valence electrons. The Kier molecular flexibility index (Phi) is 4.50. The van der Waals surface area contributed by atoms with Gasteiger partial charge in [0.05, 0.1) is 5.75 Å². The van der Waals surface area contributed by atoms with Gasteiger partial charge < -0.3 is 10.6 Å². The first-order valence-electron chi connectivity index (χ1n) is 7.04. The lowest BCUT2D eigenvalue weighted by atomic mass is 10.0. The number of hydrogen-bond acceptors (Lipinski definition) is 4. The molecule has 0 aromatic carbocycles. The zero-order chi connectivity index (χ0) is 13.9. The molecule has 1 unspecified atom stereocenters. The number of nitrogens with one attached hydrogen (secondary N) is 2. The average molecular weight is 288 g/mol. The molecule has 1 aliphatic carbocycles. The van der Waals surface area contributed by atoms with Gasteiger partial charge in [-0.15, -0.1) is 0 Å². The summed E-state index contributed by atoms with van der Waals surface area (Å²) in [6.45, 7) is 2.59. The molecule has 2 aliphatic rings. The number of carbonyl (C=O) groups is 1. The third kappa shape index (κ3) is 5.10. The summed E-state index contributed by atoms with van der Waals surface area (Å²) in [5, 5.41) is 6.20. The highest BCUT2D eigenvalue weighted by Gasteiger charge is 2.45. The van der Waals surface area contributed by atoms with E-state index in [0.29, 0.717) is 18.9 Å². The van der Waals surface area contributed by atoms with Gasteiger partial charge in [-0.1, -0.05) is 0 Å². The maximum Gasteiger partial charge on any atom is 0.220 e. The second-order valence-electron chi connectivity index (χ2n) is 6.24. The van der Waals surface area contributed by atoms with Crippen LogP contribution < -0.4 is 10.6 Å². The second-order valence-corrected chi connectivity index (χ2v) is 8.38. The molecule has 1 saturated carbocycles. The Hall–Kier alpha value is -0.620. The molecule has 6 heteroatoms. The van der Waals surface area contributed by atoms with Crippen molar-refractivity contribution in [2.45, 2.75) is 32.1 Å². The van der Waals surface area contributed by atoms with E-state index < -0.39 is 9.84 Å². The van der Waals surface area contributed by atoms with Crippen molar-refractivity contribution in [3.05, 3.63) is 0 Å². The smallest absolute Gasteiger partial charge is 0.220 e. The van der Waals surface area contributed by atoms with E-state index in [1.54, 1.807) is 0 Å². The molecule has 0 bridgehead atoms. The zero-order valence-corrected chi connectivity index (χ0v) is 12.4. The number of carbonyl (C=O) groups excluding carboxylic acids is 1. The molecule has 0 aromatic heterocycles. The van der Waals surface area contributed by atoms with Crippen LogP contribution >= 0.6 is 0 Å². The van der Waals surface area contributed by atoms with Crippen LogP contribution in [0.3, 0.4) is 0 Å². The van der Waals surface area contributed by atoms with Crippen molar-refractivity contribution < 1.29 is 13.2 Å². The first-order valence-corrected chi connectivity index (χ1v) is 9.10. The topological polar surface area (TPSA) is 75.3 Å². The van der Waals surface area contributed by atoms with Gasteiger partial charge >= 0.3 is 0 Å². The molecule has 1 saturated heterocycles. The molecule has 1 aliphatic heterocycles. The molecule has 0 spiro atoms. The van der Waals surface area contributed by atoms with Crippen LogP contribution in [0.4, 0.5) is 0 Å². The normalized spacial score (nSPS) is 25.2. The summed E-state index contributed by atoms with van der Waals surface area (Å²) in [5.41, 5.74) is -0.168. The predicted molar refractivity (Wildman–Crippen MR) is 74.6 cm³/mol. The first-order chi connectivity index (χ1) is 8.89. The molecule has 1 heterocycles. The van der Waals surface area contributed by atoms with Gasteiger partial charge in [0.15, 0.2) is 0 Å². The molecule has 1 amide bonds. The van der Waals surface area contributed by atoms with E-state index in [2.05, 4.69) is 10.6 Å². The SMILES string of the molecule is CS(=O)(=O)CC1(CNC(=O)CCC2CCNC2)CC1. The van der Waals surface area contributed by atoms with Crippen LogP contribution in [0.2, 0.25) is 0 Å². The summed E-state index contributed by atoms with van der Waals surface area (Å²) in [6, 6.07) is 0. The number of amides is 1. The van der Waals surface area contributed by atoms with Gasteiger partial charge in [-0.25, -0.2) is 8.42 Å². The van der Waals surface area contributed by atoms with Crippen molar-refractivity contribution in [1.29, 1.82) is 0 Å². The van der Waals surface area contributed by atoms with Crippen LogP contribution in [0.25, 0.3) is 0 Å². The van der Waals surface area contributed by atoms with E-state index >= 15 is 0 Å². The maximum absolute atomic E-state index is 11.8. The molecular weight excluding hydrogens is 264 g/mol. The lowest BCUT2D eigenvalue weighted by Crippen LogP contribution is -2.33. The third-order valence-corrected chi connectivity index (χ3v) is 5.26. The molecule has 2 rings (SSSR count). The molecular formula is C13H24N2O3S. The van der Waals surface area contributed by atoms with Crippen molar-refractivity contribution in [2.75, 3.05) is 31.6 Å². The van der Waals surface area contributed by atoms with Gasteiger partial charge in [0.2, 0.25) is 5.91 Å². The van der Waals surface area contributed by atoms with Crippen LogP contribution in [0.5, 0.6) is 0 Å². The van der Waals surface area contributed by atoms with Crippen LogP contribution in [0.1, 0.15) is 32.1 Å². The summed E-state index contributed by atoms with van der Waals surface area (Å²) in [7, 11) is -2.95. The molecule has 1 atom stereocenters. The zero-order valence-electron chi connectivity index (χ0n) is 11.6. The fraction of sp³-hybridized carbons (Fsp3) is 0.923. The van der Waals surface area contributed by atoms with Gasteiger partial charge in [-0.2, -0.15) is 0 Å². The highest BCUT2D eigenvalue weighted by atomic mass is 32.2. The van der Waals surface area contributed by atoms with Crippen molar-refractivity contribution in [2.24, 2.45) is 11.3 Å². The Labute approximate surface area is 115 Å². The summed E-state index contributed by atoms with van der Waals surface area (Å²) < 4.78 is 22.6. The minimum absolute atomic E-state index is 0.0617. The van der Waals surface area contributed by atoms with Crippen molar-refractivity contribution in [1.82, 2.24) is 10.6 Å². The Morgan fingerprint density at radius 2 is 2.16 bits per heavy atom. The lowest BCUT2D eigenvalue weighted by molar-refractivity contribution is -0.121. The van der Waals surface area contributed by atoms with E-state index in [-0.39, 0.29) is 17.1 Å². The average Bonchev–Trinajstić information content (AvgIpc) is 2.87. The minimum Gasteiger partial charge on any atom is -0.356 e. The van der Waals surface area contributed by atoms with E-state index in [1.807, 2.05) is 0 Å². The quantitative estimate of drug-likeness (QED) is 0.707. The van der Waals surface area contributed by atoms with E-state index in [1.165, 1.54) is 6.26 Å². The molecule has 0 radical (unpaired) electrons. The molecule has 0 aromatic rings. The minimum atomic E-state index is -2.95. The third-order valence-electron chi connectivity index (χ3n) is 4.13. The van der Waals surface area contributed by atoms with Gasteiger partial charge in [0.1, 0.15) is 9.84 Å².